The molecular weight excluding hydrogens is 339 g/mol. The predicted molar refractivity (Wildman–Crippen MR) is 91.1 cm³/mol. The number of nitrogens with zero attached hydrogens (tertiary/aromatic N) is 3. The highest BCUT2D eigenvalue weighted by molar-refractivity contribution is 5.84. The third-order valence-corrected chi connectivity index (χ3v) is 3.91. The molecule has 2 aromatic carbocycles. The van der Waals surface area contributed by atoms with Gasteiger partial charge in [-0.15, -0.1) is 10.2 Å². The molecule has 8 heteroatoms. The standard InChI is InChI=1S/C18H13FN4O3/c1-10-3-2-4-13-15(24)18(25-9-14-20-22-23-21-14)17(26-16(10)13)11-5-7-12(19)8-6-11/h2-8H,9H2,1H3,(H,20,21,22,23). The Hall–Kier alpha value is -3.55. The van der Waals surface area contributed by atoms with Crippen molar-refractivity contribution in [3.05, 3.63) is 69.9 Å². The fraction of sp³-hybridized carbons (Fsp3) is 0.111. The van der Waals surface area contributed by atoms with Crippen molar-refractivity contribution >= 4 is 11.0 Å². The molecule has 0 amide bonds. The third kappa shape index (κ3) is 2.81. The van der Waals surface area contributed by atoms with Gasteiger partial charge in [0.1, 0.15) is 11.4 Å². The van der Waals surface area contributed by atoms with E-state index in [0.717, 1.165) is 5.56 Å². The van der Waals surface area contributed by atoms with Crippen LogP contribution in [0.15, 0.2) is 51.7 Å². The summed E-state index contributed by atoms with van der Waals surface area (Å²) in [5.41, 5.74) is 1.48. The lowest BCUT2D eigenvalue weighted by Crippen LogP contribution is -2.11. The van der Waals surface area contributed by atoms with Crippen LogP contribution >= 0.6 is 0 Å². The monoisotopic (exact) mass is 352 g/mol. The summed E-state index contributed by atoms with van der Waals surface area (Å²) in [6.45, 7) is 1.78. The highest BCUT2D eigenvalue weighted by atomic mass is 19.1. The number of aromatic nitrogens is 4. The topological polar surface area (TPSA) is 93.9 Å². The third-order valence-electron chi connectivity index (χ3n) is 3.91. The first kappa shape index (κ1) is 15.9. The van der Waals surface area contributed by atoms with E-state index in [2.05, 4.69) is 20.6 Å². The van der Waals surface area contributed by atoms with E-state index in [1.54, 1.807) is 12.1 Å². The number of tetrazole rings is 1. The number of H-pyrrole nitrogens is 1. The molecule has 0 aliphatic heterocycles. The summed E-state index contributed by atoms with van der Waals surface area (Å²) < 4.78 is 24.9. The number of fused-ring (bicyclic) bond motifs is 1. The van der Waals surface area contributed by atoms with Crippen LogP contribution in [0, 0.1) is 12.7 Å². The van der Waals surface area contributed by atoms with Crippen LogP contribution in [-0.4, -0.2) is 20.6 Å². The first-order chi connectivity index (χ1) is 12.6. The van der Waals surface area contributed by atoms with E-state index >= 15 is 0 Å². The van der Waals surface area contributed by atoms with Crippen molar-refractivity contribution in [2.75, 3.05) is 0 Å². The molecule has 4 rings (SSSR count). The largest absolute Gasteiger partial charge is 0.478 e. The van der Waals surface area contributed by atoms with Crippen LogP contribution < -0.4 is 10.2 Å². The number of aromatic amines is 1. The molecule has 130 valence electrons. The number of hydrogen-bond donors (Lipinski definition) is 1. The van der Waals surface area contributed by atoms with Crippen molar-refractivity contribution in [3.63, 3.8) is 0 Å². The Bertz CT molecular complexity index is 1120. The second-order valence-electron chi connectivity index (χ2n) is 5.66. The Morgan fingerprint density at radius 3 is 2.73 bits per heavy atom. The molecule has 0 fully saturated rings. The van der Waals surface area contributed by atoms with Gasteiger partial charge in [0.2, 0.25) is 17.0 Å². The number of ether oxygens (including phenoxy) is 1. The normalized spacial score (nSPS) is 11.0. The Labute approximate surface area is 146 Å². The van der Waals surface area contributed by atoms with E-state index in [1.807, 2.05) is 13.0 Å². The lowest BCUT2D eigenvalue weighted by Gasteiger charge is -2.11. The molecule has 0 atom stereocenters. The molecule has 0 radical (unpaired) electrons. The molecule has 4 aromatic rings. The lowest BCUT2D eigenvalue weighted by atomic mass is 10.1. The van der Waals surface area contributed by atoms with Crippen LogP contribution in [0.2, 0.25) is 0 Å². The Morgan fingerprint density at radius 1 is 1.19 bits per heavy atom. The molecule has 0 spiro atoms. The van der Waals surface area contributed by atoms with E-state index < -0.39 is 0 Å². The number of para-hydroxylation sites is 1. The van der Waals surface area contributed by atoms with Crippen LogP contribution in [0.4, 0.5) is 4.39 Å². The number of aryl methyl sites for hydroxylation is 1. The molecule has 7 nitrogen and oxygen atoms in total. The molecule has 0 saturated carbocycles. The van der Waals surface area contributed by atoms with Crippen molar-refractivity contribution in [2.45, 2.75) is 13.5 Å². The Balaban J connectivity index is 1.91. The number of nitrogens with one attached hydrogen (secondary N) is 1. The molecule has 26 heavy (non-hydrogen) atoms. The minimum absolute atomic E-state index is 0.0134. The maximum absolute atomic E-state index is 13.3. The van der Waals surface area contributed by atoms with E-state index in [-0.39, 0.29) is 29.4 Å². The van der Waals surface area contributed by atoms with Crippen LogP contribution in [0.1, 0.15) is 11.4 Å². The SMILES string of the molecule is Cc1cccc2c(=O)c(OCc3nn[nH]n3)c(-c3ccc(F)cc3)oc12. The fourth-order valence-corrected chi connectivity index (χ4v) is 2.64. The van der Waals surface area contributed by atoms with Gasteiger partial charge in [0.15, 0.2) is 12.4 Å². The van der Waals surface area contributed by atoms with Gasteiger partial charge >= 0.3 is 0 Å². The van der Waals surface area contributed by atoms with Crippen molar-refractivity contribution in [1.82, 2.24) is 20.6 Å². The minimum Gasteiger partial charge on any atom is -0.478 e. The summed E-state index contributed by atoms with van der Waals surface area (Å²) in [5, 5.41) is 13.8. The van der Waals surface area contributed by atoms with Gasteiger partial charge in [-0.05, 0) is 42.8 Å². The van der Waals surface area contributed by atoms with Crippen LogP contribution in [0.25, 0.3) is 22.3 Å². The predicted octanol–water partition coefficient (Wildman–Crippen LogP) is 3.00. The van der Waals surface area contributed by atoms with Crippen molar-refractivity contribution < 1.29 is 13.5 Å². The summed E-state index contributed by atoms with van der Waals surface area (Å²) in [4.78, 5) is 13.0. The average Bonchev–Trinajstić information content (AvgIpc) is 3.16. The van der Waals surface area contributed by atoms with Gasteiger partial charge in [-0.1, -0.05) is 17.3 Å². The van der Waals surface area contributed by atoms with Crippen LogP contribution in [0.3, 0.4) is 0 Å². The van der Waals surface area contributed by atoms with Gasteiger partial charge in [-0.2, -0.15) is 5.21 Å². The van der Waals surface area contributed by atoms with Gasteiger partial charge in [0, 0.05) is 5.56 Å². The Kier molecular flexibility index (Phi) is 3.92. The second-order valence-corrected chi connectivity index (χ2v) is 5.66. The first-order valence-corrected chi connectivity index (χ1v) is 7.81. The zero-order valence-corrected chi connectivity index (χ0v) is 13.7. The van der Waals surface area contributed by atoms with Gasteiger partial charge in [-0.3, -0.25) is 4.79 Å². The average molecular weight is 352 g/mol. The summed E-state index contributed by atoms with van der Waals surface area (Å²) in [5.74, 6) is 0.140. The number of hydrogen-bond acceptors (Lipinski definition) is 6. The first-order valence-electron chi connectivity index (χ1n) is 7.81. The highest BCUT2D eigenvalue weighted by Gasteiger charge is 2.19. The van der Waals surface area contributed by atoms with E-state index in [1.165, 1.54) is 24.3 Å². The maximum Gasteiger partial charge on any atom is 0.235 e. The van der Waals surface area contributed by atoms with Crippen LogP contribution in [-0.2, 0) is 6.61 Å². The second kappa shape index (κ2) is 6.40. The van der Waals surface area contributed by atoms with Crippen molar-refractivity contribution in [1.29, 1.82) is 0 Å². The quantitative estimate of drug-likeness (QED) is 0.607. The number of benzene rings is 2. The maximum atomic E-state index is 13.3. The lowest BCUT2D eigenvalue weighted by molar-refractivity contribution is 0.288. The molecule has 0 unspecified atom stereocenters. The molecule has 2 aromatic heterocycles. The smallest absolute Gasteiger partial charge is 0.235 e. The fourth-order valence-electron chi connectivity index (χ4n) is 2.64. The highest BCUT2D eigenvalue weighted by Crippen LogP contribution is 2.32. The van der Waals surface area contributed by atoms with Crippen LogP contribution in [0.5, 0.6) is 5.75 Å². The molecule has 0 saturated heterocycles. The van der Waals surface area contributed by atoms with Crippen molar-refractivity contribution in [2.24, 2.45) is 0 Å². The van der Waals surface area contributed by atoms with Gasteiger partial charge < -0.3 is 9.15 Å². The summed E-state index contributed by atoms with van der Waals surface area (Å²) in [6.07, 6.45) is 0. The van der Waals surface area contributed by atoms with Gasteiger partial charge in [0.05, 0.1) is 5.39 Å². The van der Waals surface area contributed by atoms with Gasteiger partial charge in [0.25, 0.3) is 0 Å². The van der Waals surface area contributed by atoms with E-state index in [0.29, 0.717) is 22.4 Å². The molecular formula is C18H13FN4O3. The Morgan fingerprint density at radius 2 is 2.00 bits per heavy atom. The van der Waals surface area contributed by atoms with E-state index in [9.17, 15) is 9.18 Å². The van der Waals surface area contributed by atoms with Crippen molar-refractivity contribution in [3.8, 4) is 17.1 Å². The summed E-state index contributed by atoms with van der Waals surface area (Å²) in [7, 11) is 0. The minimum atomic E-state index is -0.387. The van der Waals surface area contributed by atoms with E-state index in [4.69, 9.17) is 9.15 Å². The van der Waals surface area contributed by atoms with Gasteiger partial charge in [-0.25, -0.2) is 4.39 Å². The zero-order chi connectivity index (χ0) is 18.1. The molecule has 2 heterocycles. The zero-order valence-electron chi connectivity index (χ0n) is 13.7. The number of halogens is 1. The number of rotatable bonds is 4. The molecule has 0 bridgehead atoms. The molecule has 0 aliphatic carbocycles. The summed E-state index contributed by atoms with van der Waals surface area (Å²) >= 11 is 0. The summed E-state index contributed by atoms with van der Waals surface area (Å²) in [6, 6.07) is 10.9. The molecule has 0 aliphatic rings. The molecule has 1 N–H and O–H groups in total.